The summed E-state index contributed by atoms with van der Waals surface area (Å²) in [5.74, 6) is 0. The van der Waals surface area contributed by atoms with Gasteiger partial charge in [0.15, 0.2) is 0 Å². The largest absolute Gasteiger partial charge is 0.444 e. The number of carbonyl (C=O) groups is 1. The van der Waals surface area contributed by atoms with Crippen molar-refractivity contribution < 1.29 is 9.53 Å². The molecule has 0 spiro atoms. The van der Waals surface area contributed by atoms with E-state index in [1.165, 1.54) is 19.4 Å². The van der Waals surface area contributed by atoms with Crippen molar-refractivity contribution in [1.29, 1.82) is 0 Å². The van der Waals surface area contributed by atoms with Crippen LogP contribution in [-0.2, 0) is 4.74 Å². The van der Waals surface area contributed by atoms with Gasteiger partial charge in [0.1, 0.15) is 5.60 Å². The van der Waals surface area contributed by atoms with Gasteiger partial charge in [-0.25, -0.2) is 4.79 Å². The molecule has 1 unspecified atom stereocenters. The molecule has 0 radical (unpaired) electrons. The lowest BCUT2D eigenvalue weighted by Gasteiger charge is -2.30. The van der Waals surface area contributed by atoms with Crippen molar-refractivity contribution in [3.05, 3.63) is 0 Å². The molecular formula is C15H31N3O2. The van der Waals surface area contributed by atoms with Gasteiger partial charge >= 0.3 is 6.09 Å². The van der Waals surface area contributed by atoms with Crippen molar-refractivity contribution in [2.75, 3.05) is 40.3 Å². The third kappa shape index (κ3) is 7.10. The maximum absolute atomic E-state index is 11.8. The Labute approximate surface area is 123 Å². The minimum absolute atomic E-state index is 0.241. The summed E-state index contributed by atoms with van der Waals surface area (Å²) in [6.07, 6.45) is 3.24. The van der Waals surface area contributed by atoms with E-state index in [1.807, 2.05) is 20.8 Å². The number of amides is 1. The fourth-order valence-corrected chi connectivity index (χ4v) is 2.39. The van der Waals surface area contributed by atoms with E-state index in [1.54, 1.807) is 11.9 Å². The number of carbonyl (C=O) groups excluding carboxylic acids is 1. The van der Waals surface area contributed by atoms with Crippen molar-refractivity contribution in [1.82, 2.24) is 15.1 Å². The topological polar surface area (TPSA) is 44.8 Å². The van der Waals surface area contributed by atoms with Crippen LogP contribution in [0.15, 0.2) is 0 Å². The highest BCUT2D eigenvalue weighted by Crippen LogP contribution is 2.10. The van der Waals surface area contributed by atoms with Crippen LogP contribution in [0.4, 0.5) is 4.79 Å². The smallest absolute Gasteiger partial charge is 0.410 e. The summed E-state index contributed by atoms with van der Waals surface area (Å²) in [6, 6.07) is 0.598. The molecule has 1 atom stereocenters. The van der Waals surface area contributed by atoms with Crippen LogP contribution in [0.5, 0.6) is 0 Å². The molecular weight excluding hydrogens is 254 g/mol. The van der Waals surface area contributed by atoms with E-state index in [4.69, 9.17) is 4.74 Å². The minimum Gasteiger partial charge on any atom is -0.444 e. The molecule has 1 aliphatic rings. The van der Waals surface area contributed by atoms with Crippen molar-refractivity contribution in [2.45, 2.75) is 51.7 Å². The summed E-state index contributed by atoms with van der Waals surface area (Å²) >= 11 is 0. The van der Waals surface area contributed by atoms with Crippen molar-refractivity contribution in [2.24, 2.45) is 0 Å². The average molecular weight is 285 g/mol. The third-order valence-corrected chi connectivity index (χ3v) is 3.43. The van der Waals surface area contributed by atoms with Gasteiger partial charge in [0.2, 0.25) is 0 Å². The Balaban J connectivity index is 2.12. The summed E-state index contributed by atoms with van der Waals surface area (Å²) < 4.78 is 5.32. The van der Waals surface area contributed by atoms with Gasteiger partial charge in [-0.2, -0.15) is 0 Å². The van der Waals surface area contributed by atoms with Gasteiger partial charge in [-0.05, 0) is 60.2 Å². The first kappa shape index (κ1) is 17.2. The van der Waals surface area contributed by atoms with E-state index in [-0.39, 0.29) is 6.09 Å². The van der Waals surface area contributed by atoms with Crippen LogP contribution in [0.25, 0.3) is 0 Å². The first-order valence-corrected chi connectivity index (χ1v) is 7.64. The predicted octanol–water partition coefficient (Wildman–Crippen LogP) is 1.93. The normalized spacial score (nSPS) is 20.8. The van der Waals surface area contributed by atoms with E-state index in [9.17, 15) is 4.79 Å². The lowest BCUT2D eigenvalue weighted by Crippen LogP contribution is -2.44. The molecule has 0 bridgehead atoms. The molecule has 1 amide bonds. The zero-order chi connectivity index (χ0) is 15.2. The lowest BCUT2D eigenvalue weighted by atomic mass is 10.1. The van der Waals surface area contributed by atoms with Gasteiger partial charge in [0.05, 0.1) is 0 Å². The SMILES string of the molecule is CN1CCCC(NCCCN(C)C(=O)OC(C)(C)C)C1. The molecule has 1 aliphatic heterocycles. The number of piperidine rings is 1. The fourth-order valence-electron chi connectivity index (χ4n) is 2.39. The van der Waals surface area contributed by atoms with Gasteiger partial charge < -0.3 is 19.9 Å². The molecule has 5 nitrogen and oxygen atoms in total. The first-order valence-electron chi connectivity index (χ1n) is 7.64. The molecule has 0 aliphatic carbocycles. The Kier molecular flexibility index (Phi) is 6.76. The molecule has 1 heterocycles. The number of rotatable bonds is 5. The number of likely N-dealkylation sites (tertiary alicyclic amines) is 1. The molecule has 0 aromatic heterocycles. The van der Waals surface area contributed by atoms with E-state index < -0.39 is 5.60 Å². The van der Waals surface area contributed by atoms with Gasteiger partial charge in [-0.1, -0.05) is 0 Å². The van der Waals surface area contributed by atoms with Gasteiger partial charge in [0.25, 0.3) is 0 Å². The van der Waals surface area contributed by atoms with Crippen molar-refractivity contribution >= 4 is 6.09 Å². The Morgan fingerprint density at radius 1 is 1.45 bits per heavy atom. The Morgan fingerprint density at radius 2 is 2.15 bits per heavy atom. The molecule has 1 fully saturated rings. The van der Waals surface area contributed by atoms with Crippen LogP contribution in [0.2, 0.25) is 0 Å². The van der Waals surface area contributed by atoms with Crippen LogP contribution in [0.3, 0.4) is 0 Å². The highest BCUT2D eigenvalue weighted by molar-refractivity contribution is 5.67. The second-order valence-corrected chi connectivity index (χ2v) is 6.81. The standard InChI is InChI=1S/C15H31N3O2/c1-15(2,3)20-14(19)18(5)11-7-9-16-13-8-6-10-17(4)12-13/h13,16H,6-12H2,1-5H3. The zero-order valence-corrected chi connectivity index (χ0v) is 13.7. The van der Waals surface area contributed by atoms with Crippen LogP contribution >= 0.6 is 0 Å². The highest BCUT2D eigenvalue weighted by atomic mass is 16.6. The molecule has 1 rings (SSSR count). The van der Waals surface area contributed by atoms with E-state index in [0.29, 0.717) is 6.04 Å². The molecule has 1 N–H and O–H groups in total. The van der Waals surface area contributed by atoms with Crippen LogP contribution < -0.4 is 5.32 Å². The summed E-state index contributed by atoms with van der Waals surface area (Å²) in [5, 5.41) is 3.57. The van der Waals surface area contributed by atoms with Crippen molar-refractivity contribution in [3.8, 4) is 0 Å². The molecule has 1 saturated heterocycles. The Morgan fingerprint density at radius 3 is 2.75 bits per heavy atom. The third-order valence-electron chi connectivity index (χ3n) is 3.43. The summed E-state index contributed by atoms with van der Waals surface area (Å²) in [7, 11) is 3.96. The number of ether oxygens (including phenoxy) is 1. The summed E-state index contributed by atoms with van der Waals surface area (Å²) in [4.78, 5) is 15.8. The van der Waals surface area contributed by atoms with Gasteiger partial charge in [-0.15, -0.1) is 0 Å². The second kappa shape index (κ2) is 7.84. The van der Waals surface area contributed by atoms with Crippen LogP contribution in [0.1, 0.15) is 40.0 Å². The maximum Gasteiger partial charge on any atom is 0.410 e. The molecule has 5 heteroatoms. The molecule has 0 aromatic rings. The summed E-state index contributed by atoms with van der Waals surface area (Å²) in [6.45, 7) is 9.68. The maximum atomic E-state index is 11.8. The average Bonchev–Trinajstić information content (AvgIpc) is 2.32. The Bertz CT molecular complexity index is 302. The molecule has 0 aromatic carbocycles. The van der Waals surface area contributed by atoms with Crippen LogP contribution in [0, 0.1) is 0 Å². The highest BCUT2D eigenvalue weighted by Gasteiger charge is 2.19. The van der Waals surface area contributed by atoms with E-state index in [0.717, 1.165) is 26.1 Å². The van der Waals surface area contributed by atoms with Gasteiger partial charge in [-0.3, -0.25) is 0 Å². The number of hydrogen-bond donors (Lipinski definition) is 1. The quantitative estimate of drug-likeness (QED) is 0.784. The van der Waals surface area contributed by atoms with Crippen molar-refractivity contribution in [3.63, 3.8) is 0 Å². The minimum atomic E-state index is -0.420. The lowest BCUT2D eigenvalue weighted by molar-refractivity contribution is 0.0297. The first-order chi connectivity index (χ1) is 9.28. The molecule has 20 heavy (non-hydrogen) atoms. The number of hydrogen-bond acceptors (Lipinski definition) is 4. The Hall–Kier alpha value is -0.810. The number of nitrogens with zero attached hydrogens (tertiary/aromatic N) is 2. The van der Waals surface area contributed by atoms with E-state index >= 15 is 0 Å². The summed E-state index contributed by atoms with van der Waals surface area (Å²) in [5.41, 5.74) is -0.420. The predicted molar refractivity (Wildman–Crippen MR) is 82.0 cm³/mol. The van der Waals surface area contributed by atoms with Gasteiger partial charge in [0, 0.05) is 26.2 Å². The molecule has 0 saturated carbocycles. The monoisotopic (exact) mass is 285 g/mol. The second-order valence-electron chi connectivity index (χ2n) is 6.81. The fraction of sp³-hybridized carbons (Fsp3) is 0.933. The zero-order valence-electron chi connectivity index (χ0n) is 13.7. The number of likely N-dealkylation sites (N-methyl/N-ethyl adjacent to an activating group) is 1. The number of nitrogens with one attached hydrogen (secondary N) is 1. The molecule has 118 valence electrons. The van der Waals surface area contributed by atoms with E-state index in [2.05, 4.69) is 17.3 Å². The van der Waals surface area contributed by atoms with Crippen LogP contribution in [-0.4, -0.2) is 67.8 Å².